The lowest BCUT2D eigenvalue weighted by molar-refractivity contribution is -0.145. The van der Waals surface area contributed by atoms with E-state index in [1.807, 2.05) is 38.1 Å². The van der Waals surface area contributed by atoms with Crippen molar-refractivity contribution in [1.29, 1.82) is 0 Å². The molecule has 1 saturated heterocycles. The molecule has 1 aliphatic heterocycles. The van der Waals surface area contributed by atoms with Crippen molar-refractivity contribution in [2.45, 2.75) is 96.5 Å². The summed E-state index contributed by atoms with van der Waals surface area (Å²) < 4.78 is 5.58. The number of nitrogens with one attached hydrogen (secondary N) is 4. The first-order valence-electron chi connectivity index (χ1n) is 19.9. The number of amides is 6. The van der Waals surface area contributed by atoms with Crippen LogP contribution in [0.5, 0.6) is 0 Å². The fourth-order valence-electron chi connectivity index (χ4n) is 8.62. The smallest absolute Gasteiger partial charge is 0.408 e. The Hall–Kier alpha value is -5.27. The maximum atomic E-state index is 14.7. The molecule has 4 N–H and O–H groups in total. The van der Waals surface area contributed by atoms with Gasteiger partial charge >= 0.3 is 6.09 Å². The van der Waals surface area contributed by atoms with E-state index in [9.17, 15) is 33.6 Å². The highest BCUT2D eigenvalue weighted by Crippen LogP contribution is 2.65. The third-order valence-corrected chi connectivity index (χ3v) is 11.9. The molecule has 2 saturated carbocycles. The molecular weight excluding hydrogens is 729 g/mol. The van der Waals surface area contributed by atoms with Crippen LogP contribution in [0.1, 0.15) is 76.6 Å². The summed E-state index contributed by atoms with van der Waals surface area (Å²) in [6, 6.07) is 12.5. The zero-order valence-corrected chi connectivity index (χ0v) is 33.9. The molecule has 4 aliphatic rings. The molecule has 3 aliphatic carbocycles. The number of Topliss-reactive ketones (excluding diaryl/α,β-unsaturated/α-hetero) is 1. The quantitative estimate of drug-likeness (QED) is 0.211. The van der Waals surface area contributed by atoms with E-state index in [2.05, 4.69) is 21.3 Å². The molecule has 6 rings (SSSR count). The number of carbonyl (C=O) groups excluding carboxylic acids is 7. The minimum absolute atomic E-state index is 0.0265. The molecular formula is C43H56N6O8. The zero-order chi connectivity index (χ0) is 41.4. The van der Waals surface area contributed by atoms with Gasteiger partial charge in [0.2, 0.25) is 29.4 Å². The van der Waals surface area contributed by atoms with Gasteiger partial charge in [-0.15, -0.1) is 0 Å². The van der Waals surface area contributed by atoms with Gasteiger partial charge in [0.1, 0.15) is 23.7 Å². The lowest BCUT2D eigenvalue weighted by atomic mass is 9.93. The number of ether oxygens (including phenoxy) is 1. The van der Waals surface area contributed by atoms with Gasteiger partial charge in [0.15, 0.2) is 0 Å². The molecule has 14 nitrogen and oxygen atoms in total. The van der Waals surface area contributed by atoms with Gasteiger partial charge in [0, 0.05) is 20.6 Å². The summed E-state index contributed by atoms with van der Waals surface area (Å²) in [5.41, 5.74) is 1.71. The fourth-order valence-corrected chi connectivity index (χ4v) is 8.62. The highest BCUT2D eigenvalue weighted by Gasteiger charge is 2.70. The number of likely N-dealkylation sites (N-methyl/N-ethyl adjacent to an activating group) is 1. The van der Waals surface area contributed by atoms with Crippen molar-refractivity contribution < 1.29 is 38.3 Å². The van der Waals surface area contributed by atoms with Crippen molar-refractivity contribution in [3.05, 3.63) is 71.3 Å². The van der Waals surface area contributed by atoms with Crippen LogP contribution in [0.3, 0.4) is 0 Å². The normalized spacial score (nSPS) is 22.2. The summed E-state index contributed by atoms with van der Waals surface area (Å²) in [6.45, 7) is 9.07. The first kappa shape index (κ1) is 41.4. The zero-order valence-electron chi connectivity index (χ0n) is 33.9. The monoisotopic (exact) mass is 784 g/mol. The number of hydrogen-bond donors (Lipinski definition) is 4. The van der Waals surface area contributed by atoms with Crippen molar-refractivity contribution in [3.8, 4) is 0 Å². The Kier molecular flexibility index (Phi) is 11.8. The standard InChI is InChI=1S/C43H56N6O8/c1-42(2,3)57-41(56)47-34(28-20-26-15-11-12-16-27(26)21-28)40(55)49-23-29-32(43(29,4)5)35(49)37(52)45-30(19-24-17-18-24)36(51)38(53)44-22-31(50)46-33(39(54)48(6)7)25-13-9-8-10-14-25/h8-16,24,28-30,32-35H,17-23H2,1-7H3,(H,44,53)(H,45,52)(H,46,50)(H,47,56)/t29?,30?,32-,33-,34-,35-/m0/s1. The third-order valence-electron chi connectivity index (χ3n) is 11.9. The van der Waals surface area contributed by atoms with Crippen LogP contribution in [-0.2, 0) is 46.3 Å². The van der Waals surface area contributed by atoms with Gasteiger partial charge in [-0.05, 0) is 85.8 Å². The molecule has 0 aromatic heterocycles. The van der Waals surface area contributed by atoms with Crippen molar-refractivity contribution in [2.75, 3.05) is 27.2 Å². The molecule has 0 radical (unpaired) electrons. The maximum absolute atomic E-state index is 14.7. The second-order valence-corrected chi connectivity index (χ2v) is 17.9. The molecule has 2 aromatic carbocycles. The summed E-state index contributed by atoms with van der Waals surface area (Å²) in [6.07, 6.45) is 2.33. The number of ketones is 1. The van der Waals surface area contributed by atoms with Crippen LogP contribution in [0.4, 0.5) is 4.79 Å². The van der Waals surface area contributed by atoms with Gasteiger partial charge < -0.3 is 35.8 Å². The molecule has 6 amide bonds. The number of nitrogens with zero attached hydrogens (tertiary/aromatic N) is 2. The minimum atomic E-state index is -1.18. The molecule has 1 heterocycles. The van der Waals surface area contributed by atoms with E-state index in [-0.39, 0.29) is 41.4 Å². The van der Waals surface area contributed by atoms with E-state index >= 15 is 0 Å². The predicted octanol–water partition coefficient (Wildman–Crippen LogP) is 2.69. The number of rotatable bonds is 14. The molecule has 3 fully saturated rings. The maximum Gasteiger partial charge on any atom is 0.408 e. The van der Waals surface area contributed by atoms with Crippen LogP contribution < -0.4 is 21.3 Å². The molecule has 2 unspecified atom stereocenters. The van der Waals surface area contributed by atoms with E-state index in [0.29, 0.717) is 24.9 Å². The average Bonchev–Trinajstić information content (AvgIpc) is 3.91. The number of likely N-dealkylation sites (tertiary alicyclic amines) is 1. The largest absolute Gasteiger partial charge is 0.444 e. The molecule has 6 atom stereocenters. The van der Waals surface area contributed by atoms with Crippen molar-refractivity contribution in [1.82, 2.24) is 31.1 Å². The molecule has 2 aromatic rings. The van der Waals surface area contributed by atoms with E-state index in [4.69, 9.17) is 4.74 Å². The number of piperidine rings is 1. The predicted molar refractivity (Wildman–Crippen MR) is 210 cm³/mol. The van der Waals surface area contributed by atoms with E-state index in [0.717, 1.165) is 24.0 Å². The number of fused-ring (bicyclic) bond motifs is 2. The number of alkyl carbamates (subject to hydrolysis) is 1. The van der Waals surface area contributed by atoms with E-state index < -0.39 is 71.8 Å². The van der Waals surface area contributed by atoms with Crippen molar-refractivity contribution in [2.24, 2.45) is 29.1 Å². The van der Waals surface area contributed by atoms with Crippen LogP contribution in [0.25, 0.3) is 0 Å². The van der Waals surface area contributed by atoms with Gasteiger partial charge in [-0.1, -0.05) is 81.3 Å². The van der Waals surface area contributed by atoms with Gasteiger partial charge in [0.05, 0.1) is 12.6 Å². The Labute approximate surface area is 334 Å². The van der Waals surface area contributed by atoms with Gasteiger partial charge in [0.25, 0.3) is 5.91 Å². The third kappa shape index (κ3) is 9.48. The van der Waals surface area contributed by atoms with E-state index in [1.165, 1.54) is 4.90 Å². The van der Waals surface area contributed by atoms with Gasteiger partial charge in [-0.3, -0.25) is 28.8 Å². The molecule has 0 bridgehead atoms. The second kappa shape index (κ2) is 16.3. The van der Waals surface area contributed by atoms with E-state index in [1.54, 1.807) is 70.1 Å². The van der Waals surface area contributed by atoms with Crippen LogP contribution in [-0.4, -0.2) is 102 Å². The van der Waals surface area contributed by atoms with Gasteiger partial charge in [-0.25, -0.2) is 4.79 Å². The van der Waals surface area contributed by atoms with Crippen LogP contribution in [0, 0.1) is 29.1 Å². The second-order valence-electron chi connectivity index (χ2n) is 17.9. The van der Waals surface area contributed by atoms with Crippen LogP contribution in [0.2, 0.25) is 0 Å². The fraction of sp³-hybridized carbons (Fsp3) is 0.558. The highest BCUT2D eigenvalue weighted by atomic mass is 16.6. The molecule has 306 valence electrons. The van der Waals surface area contributed by atoms with Crippen molar-refractivity contribution >= 4 is 41.4 Å². The Balaban J connectivity index is 1.15. The molecule has 14 heteroatoms. The number of hydrogen-bond acceptors (Lipinski definition) is 8. The molecule has 0 spiro atoms. The number of benzene rings is 2. The number of carbonyl (C=O) groups is 7. The first-order chi connectivity index (χ1) is 26.9. The Morgan fingerprint density at radius 2 is 1.49 bits per heavy atom. The van der Waals surface area contributed by atoms with Crippen LogP contribution in [0.15, 0.2) is 54.6 Å². The van der Waals surface area contributed by atoms with Crippen LogP contribution >= 0.6 is 0 Å². The lowest BCUT2D eigenvalue weighted by Gasteiger charge is -2.35. The summed E-state index contributed by atoms with van der Waals surface area (Å²) in [7, 11) is 3.14. The lowest BCUT2D eigenvalue weighted by Crippen LogP contribution is -2.60. The summed E-state index contributed by atoms with van der Waals surface area (Å²) in [5, 5.41) is 10.7. The summed E-state index contributed by atoms with van der Waals surface area (Å²) >= 11 is 0. The van der Waals surface area contributed by atoms with Gasteiger partial charge in [-0.2, -0.15) is 0 Å². The van der Waals surface area contributed by atoms with Crippen molar-refractivity contribution in [3.63, 3.8) is 0 Å². The minimum Gasteiger partial charge on any atom is -0.444 e. The Morgan fingerprint density at radius 1 is 0.877 bits per heavy atom. The topological polar surface area (TPSA) is 183 Å². The average molecular weight is 785 g/mol. The Morgan fingerprint density at radius 3 is 2.07 bits per heavy atom. The molecule has 57 heavy (non-hydrogen) atoms. The SMILES string of the molecule is CN(C)C(=O)[C@@H](NC(=O)CNC(=O)C(=O)C(CC1CC1)NC(=O)[C@@H]1[C@@H]2C(CN1C(=O)[C@@H](NC(=O)OC(C)(C)C)C1Cc3ccccc3C1)C2(C)C)c1ccccc1. The summed E-state index contributed by atoms with van der Waals surface area (Å²) in [4.78, 5) is 98.0. The Bertz CT molecular complexity index is 1880. The first-order valence-corrected chi connectivity index (χ1v) is 19.9. The highest BCUT2D eigenvalue weighted by molar-refractivity contribution is 6.38. The summed E-state index contributed by atoms with van der Waals surface area (Å²) in [5.74, 6) is -4.22.